The third kappa shape index (κ3) is 1.97. The number of nitrogens with zero attached hydrogens (tertiary/aromatic N) is 1. The molecule has 0 bridgehead atoms. The van der Waals surface area contributed by atoms with Gasteiger partial charge in [-0.1, -0.05) is 11.6 Å². The van der Waals surface area contributed by atoms with Gasteiger partial charge in [-0.2, -0.15) is 13.2 Å². The molecule has 1 aromatic heterocycles. The molecule has 0 amide bonds. The van der Waals surface area contributed by atoms with Crippen LogP contribution in [-0.2, 0) is 6.18 Å². The zero-order valence-electron chi connectivity index (χ0n) is 8.27. The summed E-state index contributed by atoms with van der Waals surface area (Å²) >= 11 is 5.72. The smallest absolute Gasteiger partial charge is 0.236 e. The lowest BCUT2D eigenvalue weighted by Crippen LogP contribution is -2.04. The molecule has 0 aliphatic carbocycles. The van der Waals surface area contributed by atoms with Gasteiger partial charge in [-0.3, -0.25) is 0 Å². The molecule has 0 fully saturated rings. The Morgan fingerprint density at radius 2 is 1.88 bits per heavy atom. The van der Waals surface area contributed by atoms with Crippen molar-refractivity contribution in [1.29, 1.82) is 0 Å². The number of fused-ring (bicyclic) bond motifs is 1. The van der Waals surface area contributed by atoms with Gasteiger partial charge in [0.1, 0.15) is 5.15 Å². The second-order valence-electron chi connectivity index (χ2n) is 3.49. The van der Waals surface area contributed by atoms with Crippen molar-refractivity contribution < 1.29 is 13.2 Å². The zero-order chi connectivity index (χ0) is 11.9. The molecule has 0 aliphatic heterocycles. The van der Waals surface area contributed by atoms with Crippen LogP contribution in [0.2, 0.25) is 5.15 Å². The van der Waals surface area contributed by atoms with Gasteiger partial charge < -0.3 is 0 Å². The summed E-state index contributed by atoms with van der Waals surface area (Å²) in [7, 11) is 0. The molecule has 1 heterocycles. The molecule has 0 saturated heterocycles. The molecule has 2 rings (SSSR count). The van der Waals surface area contributed by atoms with Gasteiger partial charge in [-0.05, 0) is 36.8 Å². The molecule has 0 spiro atoms. The second kappa shape index (κ2) is 3.63. The molecule has 1 nitrogen and oxygen atoms in total. The molecule has 5 heteroatoms. The summed E-state index contributed by atoms with van der Waals surface area (Å²) in [4.78, 5) is 3.96. The van der Waals surface area contributed by atoms with E-state index in [4.69, 9.17) is 11.6 Å². The Bertz CT molecular complexity index is 549. The number of hydrogen-bond acceptors (Lipinski definition) is 1. The van der Waals surface area contributed by atoms with E-state index in [1.165, 1.54) is 6.07 Å². The van der Waals surface area contributed by atoms with Gasteiger partial charge in [-0.25, -0.2) is 4.98 Å². The van der Waals surface area contributed by atoms with Crippen molar-refractivity contribution >= 4 is 22.5 Å². The number of benzene rings is 1. The Morgan fingerprint density at radius 3 is 2.50 bits per heavy atom. The maximum atomic E-state index is 12.5. The van der Waals surface area contributed by atoms with Gasteiger partial charge in [-0.15, -0.1) is 0 Å². The van der Waals surface area contributed by atoms with Crippen LogP contribution < -0.4 is 0 Å². The molecule has 0 aliphatic rings. The number of aryl methyl sites for hydroxylation is 1. The Kier molecular flexibility index (Phi) is 2.54. The maximum Gasteiger partial charge on any atom is 0.416 e. The lowest BCUT2D eigenvalue weighted by Gasteiger charge is -2.08. The van der Waals surface area contributed by atoms with Crippen LogP contribution in [0.15, 0.2) is 24.3 Å². The molecule has 0 radical (unpaired) electrons. The van der Waals surface area contributed by atoms with E-state index in [2.05, 4.69) is 4.98 Å². The van der Waals surface area contributed by atoms with Gasteiger partial charge in [0.05, 0.1) is 11.1 Å². The van der Waals surface area contributed by atoms with Crippen LogP contribution in [0.1, 0.15) is 11.1 Å². The highest BCUT2D eigenvalue weighted by molar-refractivity contribution is 6.29. The molecule has 16 heavy (non-hydrogen) atoms. The van der Waals surface area contributed by atoms with E-state index in [1.54, 1.807) is 13.0 Å². The van der Waals surface area contributed by atoms with Gasteiger partial charge in [0.25, 0.3) is 0 Å². The normalized spacial score (nSPS) is 12.1. The first-order valence-electron chi connectivity index (χ1n) is 4.52. The van der Waals surface area contributed by atoms with E-state index in [-0.39, 0.29) is 5.15 Å². The maximum absolute atomic E-state index is 12.5. The van der Waals surface area contributed by atoms with Gasteiger partial charge in [0, 0.05) is 5.39 Å². The van der Waals surface area contributed by atoms with E-state index >= 15 is 0 Å². The highest BCUT2D eigenvalue weighted by Crippen LogP contribution is 2.32. The largest absolute Gasteiger partial charge is 0.416 e. The molecule has 84 valence electrons. The number of alkyl halides is 3. The fourth-order valence-corrected chi connectivity index (χ4v) is 1.78. The number of hydrogen-bond donors (Lipinski definition) is 0. The van der Waals surface area contributed by atoms with Crippen LogP contribution in [0.5, 0.6) is 0 Å². The van der Waals surface area contributed by atoms with Crippen molar-refractivity contribution in [3.05, 3.63) is 40.5 Å². The molecule has 0 unspecified atom stereocenters. The first-order valence-corrected chi connectivity index (χ1v) is 4.90. The summed E-state index contributed by atoms with van der Waals surface area (Å²) in [5.74, 6) is 0. The van der Waals surface area contributed by atoms with Crippen molar-refractivity contribution in [1.82, 2.24) is 4.98 Å². The number of halogens is 4. The topological polar surface area (TPSA) is 12.9 Å². The summed E-state index contributed by atoms with van der Waals surface area (Å²) in [5, 5.41) is 0.754. The minimum Gasteiger partial charge on any atom is -0.236 e. The Morgan fingerprint density at radius 1 is 1.19 bits per heavy atom. The second-order valence-corrected chi connectivity index (χ2v) is 3.88. The lowest BCUT2D eigenvalue weighted by atomic mass is 10.1. The van der Waals surface area contributed by atoms with Crippen LogP contribution in [0.25, 0.3) is 10.9 Å². The monoisotopic (exact) mass is 245 g/mol. The van der Waals surface area contributed by atoms with E-state index in [1.807, 2.05) is 0 Å². The van der Waals surface area contributed by atoms with Gasteiger partial charge in [0.15, 0.2) is 0 Å². The summed E-state index contributed by atoms with van der Waals surface area (Å²) < 4.78 is 37.4. The molecule has 0 N–H and O–H groups in total. The highest BCUT2D eigenvalue weighted by Gasteiger charge is 2.30. The average Bonchev–Trinajstić information content (AvgIpc) is 2.15. The number of pyridine rings is 1. The molecule has 0 saturated carbocycles. The third-order valence-electron chi connectivity index (χ3n) is 2.31. The van der Waals surface area contributed by atoms with Crippen molar-refractivity contribution in [3.8, 4) is 0 Å². The minimum absolute atomic E-state index is 0.282. The summed E-state index contributed by atoms with van der Waals surface area (Å²) in [5.41, 5.74) is 0.478. The van der Waals surface area contributed by atoms with Crippen molar-refractivity contribution in [3.63, 3.8) is 0 Å². The number of rotatable bonds is 0. The van der Waals surface area contributed by atoms with Crippen LogP contribution in [0, 0.1) is 6.92 Å². The summed E-state index contributed by atoms with van der Waals surface area (Å²) in [6.45, 7) is 1.70. The zero-order valence-corrected chi connectivity index (χ0v) is 9.02. The molecular formula is C11H7ClF3N. The van der Waals surface area contributed by atoms with Crippen LogP contribution in [-0.4, -0.2) is 4.98 Å². The first-order chi connectivity index (χ1) is 7.38. The molecule has 0 atom stereocenters. The molecule has 2 aromatic rings. The van der Waals surface area contributed by atoms with E-state index in [0.717, 1.165) is 12.1 Å². The standard InChI is InChI=1S/C11H7ClF3N/c1-6-4-10(12)16-9-3-2-7(5-8(6)9)11(13,14)15/h2-5H,1H3. The van der Waals surface area contributed by atoms with E-state index in [0.29, 0.717) is 16.5 Å². The SMILES string of the molecule is Cc1cc(Cl)nc2ccc(C(F)(F)F)cc12. The quantitative estimate of drug-likeness (QED) is 0.634. The van der Waals surface area contributed by atoms with Crippen LogP contribution >= 0.6 is 11.6 Å². The highest BCUT2D eigenvalue weighted by atomic mass is 35.5. The van der Waals surface area contributed by atoms with Crippen molar-refractivity contribution in [2.24, 2.45) is 0 Å². The Labute approximate surface area is 94.9 Å². The van der Waals surface area contributed by atoms with Crippen LogP contribution in [0.3, 0.4) is 0 Å². The van der Waals surface area contributed by atoms with E-state index < -0.39 is 11.7 Å². The fourth-order valence-electron chi connectivity index (χ4n) is 1.53. The van der Waals surface area contributed by atoms with Gasteiger partial charge in [0.2, 0.25) is 0 Å². The third-order valence-corrected chi connectivity index (χ3v) is 2.51. The Hall–Kier alpha value is -1.29. The molecule has 1 aromatic carbocycles. The summed E-state index contributed by atoms with van der Waals surface area (Å²) in [6, 6.07) is 4.97. The predicted molar refractivity (Wildman–Crippen MR) is 56.5 cm³/mol. The van der Waals surface area contributed by atoms with Gasteiger partial charge >= 0.3 is 6.18 Å². The fraction of sp³-hybridized carbons (Fsp3) is 0.182. The lowest BCUT2D eigenvalue weighted by molar-refractivity contribution is -0.137. The minimum atomic E-state index is -4.33. The Balaban J connectivity index is 2.72. The van der Waals surface area contributed by atoms with E-state index in [9.17, 15) is 13.2 Å². The van der Waals surface area contributed by atoms with Crippen LogP contribution in [0.4, 0.5) is 13.2 Å². The predicted octanol–water partition coefficient (Wildman–Crippen LogP) is 4.22. The van der Waals surface area contributed by atoms with Crippen molar-refractivity contribution in [2.75, 3.05) is 0 Å². The average molecular weight is 246 g/mol. The number of aromatic nitrogens is 1. The molecular weight excluding hydrogens is 239 g/mol. The van der Waals surface area contributed by atoms with Crippen molar-refractivity contribution in [2.45, 2.75) is 13.1 Å². The summed E-state index contributed by atoms with van der Waals surface area (Å²) in [6.07, 6.45) is -4.33. The first kappa shape index (κ1) is 11.2.